The average Bonchev–Trinajstić information content (AvgIpc) is 2.77. The van der Waals surface area contributed by atoms with Crippen LogP contribution in [0.1, 0.15) is 43.6 Å². The number of rotatable bonds is 9. The summed E-state index contributed by atoms with van der Waals surface area (Å²) in [4.78, 5) is 23.2. The molecule has 0 atom stereocenters. The van der Waals surface area contributed by atoms with E-state index in [0.717, 1.165) is 23.5 Å². The minimum Gasteiger partial charge on any atom is -0.456 e. The van der Waals surface area contributed by atoms with Gasteiger partial charge < -0.3 is 10.1 Å². The molecule has 0 aliphatic carbocycles. The summed E-state index contributed by atoms with van der Waals surface area (Å²) in [6.07, 6.45) is 0.990. The van der Waals surface area contributed by atoms with E-state index >= 15 is 0 Å². The zero-order valence-electron chi connectivity index (χ0n) is 14.9. The zero-order chi connectivity index (χ0) is 18.1. The van der Waals surface area contributed by atoms with Crippen LogP contribution in [0.25, 0.3) is 0 Å². The number of aromatic nitrogens is 2. The highest BCUT2D eigenvalue weighted by atomic mass is 16.5. The number of carbonyl (C=O) groups excluding carboxylic acids is 2. The molecule has 1 amide bonds. The largest absolute Gasteiger partial charge is 0.456 e. The molecule has 0 saturated carbocycles. The molecule has 0 unspecified atom stereocenters. The topological polar surface area (TPSA) is 97.0 Å². The smallest absolute Gasteiger partial charge is 0.306 e. The number of hydrogen-bond donors (Lipinski definition) is 1. The van der Waals surface area contributed by atoms with E-state index in [1.807, 2.05) is 24.6 Å². The van der Waals surface area contributed by atoms with Crippen LogP contribution in [0.3, 0.4) is 0 Å². The van der Waals surface area contributed by atoms with Gasteiger partial charge in [-0.2, -0.15) is 10.4 Å². The lowest BCUT2D eigenvalue weighted by Crippen LogP contribution is -2.29. The number of carbonyl (C=O) groups is 2. The SMILES string of the molecule is Cc1nn(CC(C)C)c(C)c1CCC(=O)OCC(=O)NCCC#N. The Kier molecular flexibility index (Phi) is 7.96. The highest BCUT2D eigenvalue weighted by molar-refractivity contribution is 5.80. The number of nitriles is 1. The van der Waals surface area contributed by atoms with Gasteiger partial charge in [-0.3, -0.25) is 14.3 Å². The van der Waals surface area contributed by atoms with Gasteiger partial charge in [-0.05, 0) is 31.7 Å². The Morgan fingerprint density at radius 1 is 1.38 bits per heavy atom. The molecule has 1 N–H and O–H groups in total. The molecular weight excluding hydrogens is 308 g/mol. The summed E-state index contributed by atoms with van der Waals surface area (Å²) in [7, 11) is 0. The molecule has 7 nitrogen and oxygen atoms in total. The van der Waals surface area contributed by atoms with Crippen molar-refractivity contribution in [2.24, 2.45) is 5.92 Å². The third-order valence-corrected chi connectivity index (χ3v) is 3.57. The third-order valence-electron chi connectivity index (χ3n) is 3.57. The van der Waals surface area contributed by atoms with Gasteiger partial charge >= 0.3 is 5.97 Å². The first-order valence-corrected chi connectivity index (χ1v) is 8.17. The van der Waals surface area contributed by atoms with Crippen molar-refractivity contribution in [2.45, 2.75) is 53.5 Å². The van der Waals surface area contributed by atoms with Crippen molar-refractivity contribution >= 4 is 11.9 Å². The van der Waals surface area contributed by atoms with Gasteiger partial charge in [0.15, 0.2) is 6.61 Å². The van der Waals surface area contributed by atoms with Crippen molar-refractivity contribution in [3.05, 3.63) is 17.0 Å². The molecule has 0 aliphatic rings. The lowest BCUT2D eigenvalue weighted by Gasteiger charge is -2.08. The summed E-state index contributed by atoms with van der Waals surface area (Å²) >= 11 is 0. The normalized spacial score (nSPS) is 10.5. The van der Waals surface area contributed by atoms with Gasteiger partial charge in [-0.1, -0.05) is 13.8 Å². The van der Waals surface area contributed by atoms with Crippen LogP contribution in [0.2, 0.25) is 0 Å². The van der Waals surface area contributed by atoms with Crippen LogP contribution >= 0.6 is 0 Å². The van der Waals surface area contributed by atoms with Crippen molar-refractivity contribution in [1.82, 2.24) is 15.1 Å². The summed E-state index contributed by atoms with van der Waals surface area (Å²) in [6, 6.07) is 1.92. The Bertz CT molecular complexity index is 614. The van der Waals surface area contributed by atoms with Gasteiger partial charge in [0.25, 0.3) is 5.91 Å². The van der Waals surface area contributed by atoms with Gasteiger partial charge in [0.2, 0.25) is 0 Å². The molecule has 1 aromatic heterocycles. The summed E-state index contributed by atoms with van der Waals surface area (Å²) in [5, 5.41) is 15.4. The second-order valence-corrected chi connectivity index (χ2v) is 6.14. The van der Waals surface area contributed by atoms with Gasteiger partial charge in [0.1, 0.15) is 0 Å². The molecule has 1 aromatic rings. The Hall–Kier alpha value is -2.36. The van der Waals surface area contributed by atoms with Crippen LogP contribution < -0.4 is 5.32 Å². The number of nitrogens with one attached hydrogen (secondary N) is 1. The van der Waals surface area contributed by atoms with E-state index in [4.69, 9.17) is 10.00 Å². The highest BCUT2D eigenvalue weighted by Gasteiger charge is 2.15. The summed E-state index contributed by atoms with van der Waals surface area (Å²) in [6.45, 7) is 9.01. The second kappa shape index (κ2) is 9.71. The fraction of sp³-hybridized carbons (Fsp3) is 0.647. The number of esters is 1. The maximum Gasteiger partial charge on any atom is 0.306 e. The predicted octanol–water partition coefficient (Wildman–Crippen LogP) is 1.66. The molecule has 24 heavy (non-hydrogen) atoms. The number of ether oxygens (including phenoxy) is 1. The van der Waals surface area contributed by atoms with E-state index in [1.165, 1.54) is 0 Å². The monoisotopic (exact) mass is 334 g/mol. The standard InChI is InChI=1S/C17H26N4O3/c1-12(2)10-21-14(4)15(13(3)20-21)6-7-17(23)24-11-16(22)19-9-5-8-18/h12H,5-7,9-11H2,1-4H3,(H,19,22). The molecule has 0 aliphatic heterocycles. The van der Waals surface area contributed by atoms with Crippen molar-refractivity contribution in [3.63, 3.8) is 0 Å². The quantitative estimate of drug-likeness (QED) is 0.547. The lowest BCUT2D eigenvalue weighted by atomic mass is 10.1. The lowest BCUT2D eigenvalue weighted by molar-refractivity contribution is -0.148. The van der Waals surface area contributed by atoms with E-state index in [0.29, 0.717) is 12.3 Å². The molecule has 1 heterocycles. The Balaban J connectivity index is 2.43. The van der Waals surface area contributed by atoms with Crippen molar-refractivity contribution in [2.75, 3.05) is 13.2 Å². The van der Waals surface area contributed by atoms with Crippen LogP contribution in [0.4, 0.5) is 0 Å². The first-order valence-electron chi connectivity index (χ1n) is 8.17. The predicted molar refractivity (Wildman–Crippen MR) is 89.1 cm³/mol. The second-order valence-electron chi connectivity index (χ2n) is 6.14. The molecule has 132 valence electrons. The maximum atomic E-state index is 11.8. The molecule has 0 aromatic carbocycles. The van der Waals surface area contributed by atoms with Crippen LogP contribution in [-0.2, 0) is 27.3 Å². The van der Waals surface area contributed by atoms with Crippen LogP contribution in [0.5, 0.6) is 0 Å². The van der Waals surface area contributed by atoms with E-state index in [-0.39, 0.29) is 26.0 Å². The van der Waals surface area contributed by atoms with Crippen LogP contribution in [-0.4, -0.2) is 34.8 Å². The number of amides is 1. The van der Waals surface area contributed by atoms with Crippen molar-refractivity contribution < 1.29 is 14.3 Å². The molecule has 1 rings (SSSR count). The molecule has 0 radical (unpaired) electrons. The Morgan fingerprint density at radius 3 is 2.71 bits per heavy atom. The summed E-state index contributed by atoms with van der Waals surface area (Å²) in [5.74, 6) is -0.308. The number of nitrogens with zero attached hydrogens (tertiary/aromatic N) is 3. The molecule has 0 fully saturated rings. The first-order chi connectivity index (χ1) is 11.3. The Morgan fingerprint density at radius 2 is 2.08 bits per heavy atom. The summed E-state index contributed by atoms with van der Waals surface area (Å²) < 4.78 is 6.92. The number of hydrogen-bond acceptors (Lipinski definition) is 5. The van der Waals surface area contributed by atoms with Crippen LogP contribution in [0, 0.1) is 31.1 Å². The van der Waals surface area contributed by atoms with Gasteiger partial charge in [-0.25, -0.2) is 0 Å². The zero-order valence-corrected chi connectivity index (χ0v) is 14.9. The maximum absolute atomic E-state index is 11.8. The highest BCUT2D eigenvalue weighted by Crippen LogP contribution is 2.16. The fourth-order valence-electron chi connectivity index (χ4n) is 2.37. The fourth-order valence-corrected chi connectivity index (χ4v) is 2.37. The minimum atomic E-state index is -0.416. The molecule has 0 saturated heterocycles. The molecule has 0 bridgehead atoms. The van der Waals surface area contributed by atoms with Gasteiger partial charge in [0, 0.05) is 25.2 Å². The Labute approximate surface area is 143 Å². The molecule has 7 heteroatoms. The molecular formula is C17H26N4O3. The minimum absolute atomic E-state index is 0.209. The van der Waals surface area contributed by atoms with Crippen molar-refractivity contribution in [1.29, 1.82) is 5.26 Å². The van der Waals surface area contributed by atoms with Crippen LogP contribution in [0.15, 0.2) is 0 Å². The van der Waals surface area contributed by atoms with E-state index < -0.39 is 11.9 Å². The van der Waals surface area contributed by atoms with Gasteiger partial charge in [0.05, 0.1) is 18.2 Å². The molecule has 0 spiro atoms. The van der Waals surface area contributed by atoms with Gasteiger partial charge in [-0.15, -0.1) is 0 Å². The van der Waals surface area contributed by atoms with Crippen molar-refractivity contribution in [3.8, 4) is 6.07 Å². The third kappa shape index (κ3) is 6.41. The number of aryl methyl sites for hydroxylation is 1. The summed E-state index contributed by atoms with van der Waals surface area (Å²) in [5.41, 5.74) is 3.06. The first kappa shape index (κ1) is 19.7. The average molecular weight is 334 g/mol. The van der Waals surface area contributed by atoms with E-state index in [1.54, 1.807) is 0 Å². The van der Waals surface area contributed by atoms with E-state index in [9.17, 15) is 9.59 Å². The van der Waals surface area contributed by atoms with E-state index in [2.05, 4.69) is 24.3 Å².